The van der Waals surface area contributed by atoms with Crippen LogP contribution in [0.25, 0.3) is 0 Å². The van der Waals surface area contributed by atoms with Gasteiger partial charge in [-0.15, -0.1) is 11.3 Å². The Bertz CT molecular complexity index is 593. The topological polar surface area (TPSA) is 38.0 Å². The van der Waals surface area contributed by atoms with Gasteiger partial charge in [-0.2, -0.15) is 0 Å². The van der Waals surface area contributed by atoms with Crippen LogP contribution in [0.15, 0.2) is 30.3 Å². The Balaban J connectivity index is 2.02. The Morgan fingerprint density at radius 2 is 2.16 bits per heavy atom. The van der Waals surface area contributed by atoms with E-state index < -0.39 is 0 Å². The van der Waals surface area contributed by atoms with Crippen molar-refractivity contribution in [2.75, 3.05) is 11.9 Å². The maximum Gasteiger partial charge on any atom is 0.106 e. The van der Waals surface area contributed by atoms with Crippen molar-refractivity contribution in [1.29, 1.82) is 0 Å². The van der Waals surface area contributed by atoms with Crippen LogP contribution in [0.3, 0.4) is 0 Å². The molecule has 0 atom stereocenters. The van der Waals surface area contributed by atoms with Crippen LogP contribution in [0.4, 0.5) is 5.69 Å². The van der Waals surface area contributed by atoms with Crippen molar-refractivity contribution in [2.45, 2.75) is 13.3 Å². The molecule has 0 aliphatic rings. The molecule has 2 nitrogen and oxygen atoms in total. The van der Waals surface area contributed by atoms with E-state index in [9.17, 15) is 0 Å². The molecular formula is C14H15ClN2S2. The Kier molecular flexibility index (Phi) is 4.80. The van der Waals surface area contributed by atoms with Crippen LogP contribution >= 0.6 is 35.2 Å². The molecule has 1 heterocycles. The molecule has 0 radical (unpaired) electrons. The first kappa shape index (κ1) is 14.3. The van der Waals surface area contributed by atoms with Crippen LogP contribution in [-0.2, 0) is 6.42 Å². The van der Waals surface area contributed by atoms with E-state index in [1.807, 2.05) is 25.1 Å². The summed E-state index contributed by atoms with van der Waals surface area (Å²) in [6, 6.07) is 10.0. The van der Waals surface area contributed by atoms with E-state index in [-0.39, 0.29) is 0 Å². The summed E-state index contributed by atoms with van der Waals surface area (Å²) in [6.45, 7) is 2.88. The average Bonchev–Trinajstić information content (AvgIpc) is 2.75. The van der Waals surface area contributed by atoms with E-state index in [0.29, 0.717) is 4.99 Å². The second-order valence-electron chi connectivity index (χ2n) is 4.30. The summed E-state index contributed by atoms with van der Waals surface area (Å²) >= 11 is 12.6. The van der Waals surface area contributed by atoms with E-state index in [1.54, 1.807) is 11.3 Å². The molecule has 0 spiro atoms. The van der Waals surface area contributed by atoms with Crippen molar-refractivity contribution in [2.24, 2.45) is 5.73 Å². The molecule has 0 amide bonds. The highest BCUT2D eigenvalue weighted by Gasteiger charge is 2.05. The normalized spacial score (nSPS) is 10.4. The highest BCUT2D eigenvalue weighted by Crippen LogP contribution is 2.22. The Hall–Kier alpha value is -1.10. The van der Waals surface area contributed by atoms with E-state index in [0.717, 1.165) is 28.6 Å². The fourth-order valence-electron chi connectivity index (χ4n) is 1.83. The molecule has 5 heteroatoms. The Labute approximate surface area is 127 Å². The van der Waals surface area contributed by atoms with Crippen molar-refractivity contribution in [1.82, 2.24) is 0 Å². The number of rotatable bonds is 5. The third-order valence-corrected chi connectivity index (χ3v) is 4.27. The maximum absolute atomic E-state index is 5.91. The molecule has 0 bridgehead atoms. The maximum atomic E-state index is 5.91. The number of aryl methyl sites for hydroxylation is 1. The predicted molar refractivity (Wildman–Crippen MR) is 88.6 cm³/mol. The largest absolute Gasteiger partial charge is 0.389 e. The van der Waals surface area contributed by atoms with Crippen molar-refractivity contribution >= 4 is 45.8 Å². The summed E-state index contributed by atoms with van der Waals surface area (Å²) < 4.78 is 0.828. The third-order valence-electron chi connectivity index (χ3n) is 2.76. The lowest BCUT2D eigenvalue weighted by Crippen LogP contribution is -2.14. The van der Waals surface area contributed by atoms with Crippen molar-refractivity contribution < 1.29 is 0 Å². The second kappa shape index (κ2) is 6.37. The molecule has 2 rings (SSSR count). The highest BCUT2D eigenvalue weighted by atomic mass is 35.5. The van der Waals surface area contributed by atoms with Gasteiger partial charge in [-0.3, -0.25) is 0 Å². The molecule has 2 aromatic rings. The highest BCUT2D eigenvalue weighted by molar-refractivity contribution is 7.80. The zero-order chi connectivity index (χ0) is 13.8. The number of nitrogens with one attached hydrogen (secondary N) is 1. The van der Waals surface area contributed by atoms with E-state index in [4.69, 9.17) is 29.6 Å². The number of thiocarbonyl (C=S) groups is 1. The minimum absolute atomic E-state index is 0.418. The summed E-state index contributed by atoms with van der Waals surface area (Å²) in [5, 5.41) is 3.39. The standard InChI is InChI=1S/C14H15ClN2S2/c1-9-2-4-11(14(16)18)12(8-9)17-7-6-10-3-5-13(15)19-10/h2-5,8,17H,6-7H2,1H3,(H2,16,18). The quantitative estimate of drug-likeness (QED) is 0.820. The number of hydrogen-bond acceptors (Lipinski definition) is 3. The van der Waals surface area contributed by atoms with Crippen LogP contribution < -0.4 is 11.1 Å². The number of thiophene rings is 1. The number of benzene rings is 1. The first-order valence-corrected chi connectivity index (χ1v) is 7.55. The van der Waals surface area contributed by atoms with Crippen molar-refractivity contribution in [3.8, 4) is 0 Å². The van der Waals surface area contributed by atoms with Gasteiger partial charge in [-0.25, -0.2) is 0 Å². The van der Waals surface area contributed by atoms with Crippen LogP contribution in [0, 0.1) is 6.92 Å². The number of hydrogen-bond donors (Lipinski definition) is 2. The molecule has 0 saturated heterocycles. The van der Waals surface area contributed by atoms with Gasteiger partial charge >= 0.3 is 0 Å². The lowest BCUT2D eigenvalue weighted by atomic mass is 10.1. The lowest BCUT2D eigenvalue weighted by molar-refractivity contribution is 1.04. The van der Waals surface area contributed by atoms with Crippen LogP contribution in [-0.4, -0.2) is 11.5 Å². The van der Waals surface area contributed by atoms with Crippen LogP contribution in [0.5, 0.6) is 0 Å². The van der Waals surface area contributed by atoms with E-state index in [2.05, 4.69) is 17.4 Å². The van der Waals surface area contributed by atoms with Gasteiger partial charge in [-0.1, -0.05) is 29.9 Å². The second-order valence-corrected chi connectivity index (χ2v) is 6.54. The molecule has 1 aromatic heterocycles. The van der Waals surface area contributed by atoms with Gasteiger partial charge in [0.25, 0.3) is 0 Å². The first-order valence-electron chi connectivity index (χ1n) is 5.95. The van der Waals surface area contributed by atoms with Gasteiger partial charge in [0.15, 0.2) is 0 Å². The zero-order valence-corrected chi connectivity index (χ0v) is 13.0. The molecule has 0 aliphatic carbocycles. The molecule has 0 saturated carbocycles. The molecule has 100 valence electrons. The Morgan fingerprint density at radius 1 is 1.37 bits per heavy atom. The molecule has 0 aliphatic heterocycles. The summed E-state index contributed by atoms with van der Waals surface area (Å²) in [5.41, 5.74) is 8.80. The monoisotopic (exact) mass is 310 g/mol. The van der Waals surface area contributed by atoms with Crippen molar-refractivity contribution in [3.63, 3.8) is 0 Å². The fraction of sp³-hybridized carbons (Fsp3) is 0.214. The molecule has 19 heavy (non-hydrogen) atoms. The zero-order valence-electron chi connectivity index (χ0n) is 10.6. The molecule has 0 unspecified atom stereocenters. The minimum Gasteiger partial charge on any atom is -0.389 e. The van der Waals surface area contributed by atoms with Gasteiger partial charge in [0.1, 0.15) is 4.99 Å². The van der Waals surface area contributed by atoms with E-state index >= 15 is 0 Å². The summed E-state index contributed by atoms with van der Waals surface area (Å²) in [7, 11) is 0. The van der Waals surface area contributed by atoms with Gasteiger partial charge in [0.05, 0.1) is 4.34 Å². The Morgan fingerprint density at radius 3 is 2.79 bits per heavy atom. The number of anilines is 1. The number of nitrogens with two attached hydrogens (primary N) is 1. The van der Waals surface area contributed by atoms with Crippen LogP contribution in [0.2, 0.25) is 4.34 Å². The van der Waals surface area contributed by atoms with Gasteiger partial charge in [0.2, 0.25) is 0 Å². The molecule has 0 fully saturated rings. The molecule has 1 aromatic carbocycles. The average molecular weight is 311 g/mol. The fourth-order valence-corrected chi connectivity index (χ4v) is 3.09. The predicted octanol–water partition coefficient (Wildman–Crippen LogP) is 4.00. The minimum atomic E-state index is 0.418. The van der Waals surface area contributed by atoms with Crippen LogP contribution in [0.1, 0.15) is 16.0 Å². The molecular weight excluding hydrogens is 296 g/mol. The van der Waals surface area contributed by atoms with Gasteiger partial charge in [0, 0.05) is 22.7 Å². The summed E-state index contributed by atoms with van der Waals surface area (Å²) in [4.78, 5) is 1.68. The summed E-state index contributed by atoms with van der Waals surface area (Å²) in [5.74, 6) is 0. The summed E-state index contributed by atoms with van der Waals surface area (Å²) in [6.07, 6.45) is 0.933. The SMILES string of the molecule is Cc1ccc(C(N)=S)c(NCCc2ccc(Cl)s2)c1. The number of halogens is 1. The van der Waals surface area contributed by atoms with Gasteiger partial charge < -0.3 is 11.1 Å². The van der Waals surface area contributed by atoms with Gasteiger partial charge in [-0.05, 0) is 43.2 Å². The van der Waals surface area contributed by atoms with E-state index in [1.165, 1.54) is 10.4 Å². The van der Waals surface area contributed by atoms with Crippen molar-refractivity contribution in [3.05, 3.63) is 50.7 Å². The lowest BCUT2D eigenvalue weighted by Gasteiger charge is -2.11. The first-order chi connectivity index (χ1) is 9.06. The third kappa shape index (κ3) is 3.93. The molecule has 3 N–H and O–H groups in total. The smallest absolute Gasteiger partial charge is 0.106 e.